The minimum absolute atomic E-state index is 0.0275. The molecule has 1 fully saturated rings. The molecule has 0 bridgehead atoms. The van der Waals surface area contributed by atoms with Crippen LogP contribution in [0.4, 0.5) is 0 Å². The summed E-state index contributed by atoms with van der Waals surface area (Å²) in [7, 11) is 0. The van der Waals surface area contributed by atoms with Crippen LogP contribution in [0.2, 0.25) is 0 Å². The van der Waals surface area contributed by atoms with Crippen molar-refractivity contribution in [2.75, 3.05) is 26.2 Å². The summed E-state index contributed by atoms with van der Waals surface area (Å²) in [5, 5.41) is 14.0. The molecule has 1 aromatic carbocycles. The van der Waals surface area contributed by atoms with Crippen molar-refractivity contribution in [3.63, 3.8) is 0 Å². The molecule has 5 heteroatoms. The first-order chi connectivity index (χ1) is 9.28. The molecular formula is C14H18BrN3O. The average molecular weight is 324 g/mol. The fourth-order valence-electron chi connectivity index (χ4n) is 2.70. The maximum absolute atomic E-state index is 9.45. The van der Waals surface area contributed by atoms with Gasteiger partial charge in [0.2, 0.25) is 0 Å². The lowest BCUT2D eigenvalue weighted by atomic mass is 10.1. The molecule has 0 amide bonds. The number of piperazine rings is 1. The third-order valence-electron chi connectivity index (χ3n) is 3.68. The smallest absolute Gasteiger partial charge is 0.119 e. The van der Waals surface area contributed by atoms with Gasteiger partial charge in [-0.15, -0.1) is 0 Å². The van der Waals surface area contributed by atoms with Gasteiger partial charge >= 0.3 is 0 Å². The van der Waals surface area contributed by atoms with Crippen LogP contribution < -0.4 is 5.32 Å². The Labute approximate surface area is 121 Å². The Morgan fingerprint density at radius 1 is 1.26 bits per heavy atom. The number of aliphatic hydroxyl groups is 1. The first-order valence-electron chi connectivity index (χ1n) is 6.59. The number of nitrogens with zero attached hydrogens (tertiary/aromatic N) is 2. The molecule has 1 aliphatic heterocycles. The van der Waals surface area contributed by atoms with Gasteiger partial charge in [-0.25, -0.2) is 0 Å². The number of halogens is 1. The lowest BCUT2D eigenvalue weighted by Crippen LogP contribution is -2.42. The van der Waals surface area contributed by atoms with Gasteiger partial charge in [0.25, 0.3) is 0 Å². The second-order valence-electron chi connectivity index (χ2n) is 4.95. The van der Waals surface area contributed by atoms with Gasteiger partial charge in [0.1, 0.15) is 6.73 Å². The second kappa shape index (κ2) is 5.63. The summed E-state index contributed by atoms with van der Waals surface area (Å²) in [5.74, 6) is 0. The number of hydrogen-bond acceptors (Lipinski definition) is 3. The lowest BCUT2D eigenvalue weighted by molar-refractivity contribution is 0.213. The van der Waals surface area contributed by atoms with Crippen LogP contribution in [0.1, 0.15) is 5.56 Å². The monoisotopic (exact) mass is 323 g/mol. The van der Waals surface area contributed by atoms with E-state index in [1.54, 1.807) is 0 Å². The van der Waals surface area contributed by atoms with Gasteiger partial charge in [-0.2, -0.15) is 0 Å². The molecule has 0 atom stereocenters. The predicted octanol–water partition coefficient (Wildman–Crippen LogP) is 1.76. The van der Waals surface area contributed by atoms with Crippen LogP contribution in [0.15, 0.2) is 28.9 Å². The zero-order valence-electron chi connectivity index (χ0n) is 10.8. The van der Waals surface area contributed by atoms with Crippen molar-refractivity contribution in [3.8, 4) is 0 Å². The molecule has 2 heterocycles. The summed E-state index contributed by atoms with van der Waals surface area (Å²) in [4.78, 5) is 2.45. The SMILES string of the molecule is OCn1cc(CN2CCNCC2)c2cc(Br)ccc21. The molecule has 1 saturated heterocycles. The first kappa shape index (κ1) is 13.1. The number of rotatable bonds is 3. The standard InChI is InChI=1S/C14H18BrN3O/c15-12-1-2-14-13(7-12)11(9-18(14)10-19)8-17-5-3-16-4-6-17/h1-2,7,9,16,19H,3-6,8,10H2. The highest BCUT2D eigenvalue weighted by Gasteiger charge is 2.14. The Morgan fingerprint density at radius 3 is 2.79 bits per heavy atom. The Bertz CT molecular complexity index is 575. The third kappa shape index (κ3) is 2.69. The number of aromatic nitrogens is 1. The van der Waals surface area contributed by atoms with Gasteiger partial charge in [-0.1, -0.05) is 15.9 Å². The lowest BCUT2D eigenvalue weighted by Gasteiger charge is -2.26. The molecule has 19 heavy (non-hydrogen) atoms. The number of nitrogens with one attached hydrogen (secondary N) is 1. The summed E-state index contributed by atoms with van der Waals surface area (Å²) in [6.45, 7) is 5.26. The van der Waals surface area contributed by atoms with E-state index in [1.165, 1.54) is 10.9 Å². The average Bonchev–Trinajstić information content (AvgIpc) is 2.77. The minimum Gasteiger partial charge on any atom is -0.376 e. The number of aliphatic hydroxyl groups excluding tert-OH is 1. The molecule has 1 aliphatic rings. The van der Waals surface area contributed by atoms with Crippen molar-refractivity contribution in [1.82, 2.24) is 14.8 Å². The summed E-state index contributed by atoms with van der Waals surface area (Å²) in [6, 6.07) is 6.21. The van der Waals surface area contributed by atoms with E-state index in [0.717, 1.165) is 42.7 Å². The Kier molecular flexibility index (Phi) is 3.88. The van der Waals surface area contributed by atoms with Crippen molar-refractivity contribution in [2.24, 2.45) is 0 Å². The normalized spacial score (nSPS) is 17.2. The van der Waals surface area contributed by atoms with Crippen molar-refractivity contribution in [2.45, 2.75) is 13.3 Å². The van der Waals surface area contributed by atoms with E-state index in [9.17, 15) is 5.11 Å². The van der Waals surface area contributed by atoms with Crippen LogP contribution in [0.25, 0.3) is 10.9 Å². The molecule has 2 N–H and O–H groups in total. The van der Waals surface area contributed by atoms with Gasteiger partial charge in [0.15, 0.2) is 0 Å². The zero-order valence-corrected chi connectivity index (χ0v) is 12.4. The largest absolute Gasteiger partial charge is 0.376 e. The van der Waals surface area contributed by atoms with E-state index in [-0.39, 0.29) is 6.73 Å². The van der Waals surface area contributed by atoms with E-state index in [0.29, 0.717) is 0 Å². The summed E-state index contributed by atoms with van der Waals surface area (Å²) in [6.07, 6.45) is 2.07. The minimum atomic E-state index is 0.0275. The molecule has 0 radical (unpaired) electrons. The molecular weight excluding hydrogens is 306 g/mol. The van der Waals surface area contributed by atoms with E-state index in [4.69, 9.17) is 0 Å². The van der Waals surface area contributed by atoms with Gasteiger partial charge in [0, 0.05) is 48.8 Å². The number of hydrogen-bond donors (Lipinski definition) is 2. The van der Waals surface area contributed by atoms with Crippen LogP contribution in [0.5, 0.6) is 0 Å². The van der Waals surface area contributed by atoms with Crippen LogP contribution >= 0.6 is 15.9 Å². The van der Waals surface area contributed by atoms with Gasteiger partial charge in [-0.3, -0.25) is 4.90 Å². The molecule has 3 rings (SSSR count). The van der Waals surface area contributed by atoms with E-state index >= 15 is 0 Å². The summed E-state index contributed by atoms with van der Waals surface area (Å²) >= 11 is 3.53. The summed E-state index contributed by atoms with van der Waals surface area (Å²) < 4.78 is 2.98. The Balaban J connectivity index is 1.95. The molecule has 2 aromatic rings. The van der Waals surface area contributed by atoms with Crippen LogP contribution in [-0.4, -0.2) is 40.8 Å². The molecule has 4 nitrogen and oxygen atoms in total. The van der Waals surface area contributed by atoms with E-state index in [2.05, 4.69) is 44.5 Å². The molecule has 0 aliphatic carbocycles. The number of fused-ring (bicyclic) bond motifs is 1. The van der Waals surface area contributed by atoms with Crippen LogP contribution in [-0.2, 0) is 13.3 Å². The molecule has 102 valence electrons. The topological polar surface area (TPSA) is 40.4 Å². The second-order valence-corrected chi connectivity index (χ2v) is 5.87. The van der Waals surface area contributed by atoms with Crippen molar-refractivity contribution >= 4 is 26.8 Å². The fraction of sp³-hybridized carbons (Fsp3) is 0.429. The highest BCUT2D eigenvalue weighted by atomic mass is 79.9. The van der Waals surface area contributed by atoms with Gasteiger partial charge in [-0.05, 0) is 23.8 Å². The summed E-state index contributed by atoms with van der Waals surface area (Å²) in [5.41, 5.74) is 2.38. The zero-order chi connectivity index (χ0) is 13.2. The molecule has 0 spiro atoms. The van der Waals surface area contributed by atoms with Crippen molar-refractivity contribution in [3.05, 3.63) is 34.4 Å². The maximum atomic E-state index is 9.45. The van der Waals surface area contributed by atoms with E-state index in [1.807, 2.05) is 10.6 Å². The van der Waals surface area contributed by atoms with Crippen LogP contribution in [0, 0.1) is 0 Å². The van der Waals surface area contributed by atoms with Gasteiger partial charge < -0.3 is 15.0 Å². The first-order valence-corrected chi connectivity index (χ1v) is 7.38. The number of benzene rings is 1. The van der Waals surface area contributed by atoms with Crippen LogP contribution in [0.3, 0.4) is 0 Å². The van der Waals surface area contributed by atoms with Crippen molar-refractivity contribution < 1.29 is 5.11 Å². The highest BCUT2D eigenvalue weighted by molar-refractivity contribution is 9.10. The molecule has 0 saturated carbocycles. The van der Waals surface area contributed by atoms with E-state index < -0.39 is 0 Å². The third-order valence-corrected chi connectivity index (χ3v) is 4.17. The quantitative estimate of drug-likeness (QED) is 0.904. The predicted molar refractivity (Wildman–Crippen MR) is 80.0 cm³/mol. The Morgan fingerprint density at radius 2 is 2.05 bits per heavy atom. The maximum Gasteiger partial charge on any atom is 0.119 e. The van der Waals surface area contributed by atoms with Gasteiger partial charge in [0.05, 0.1) is 5.52 Å². The molecule has 1 aromatic heterocycles. The van der Waals surface area contributed by atoms with Crippen molar-refractivity contribution in [1.29, 1.82) is 0 Å². The fourth-order valence-corrected chi connectivity index (χ4v) is 3.06. The highest BCUT2D eigenvalue weighted by Crippen LogP contribution is 2.26. The molecule has 0 unspecified atom stereocenters. The Hall–Kier alpha value is -0.880.